The van der Waals surface area contributed by atoms with Gasteiger partial charge in [-0.2, -0.15) is 0 Å². The van der Waals surface area contributed by atoms with Crippen LogP contribution >= 0.6 is 11.3 Å². The molecule has 33 heavy (non-hydrogen) atoms. The van der Waals surface area contributed by atoms with Crippen molar-refractivity contribution < 1.29 is 29.3 Å². The van der Waals surface area contributed by atoms with Gasteiger partial charge < -0.3 is 19.7 Å². The summed E-state index contributed by atoms with van der Waals surface area (Å²) in [5.74, 6) is -0.822. The number of Topliss-reactive ketones (excluding diaryl/α,β-unsaturated/α-hetero) is 1. The maximum Gasteiger partial charge on any atom is 0.309 e. The van der Waals surface area contributed by atoms with Crippen molar-refractivity contribution in [2.75, 3.05) is 0 Å². The fourth-order valence-electron chi connectivity index (χ4n) is 4.34. The number of fused-ring (bicyclic) bond motifs is 1. The van der Waals surface area contributed by atoms with Crippen LogP contribution in [0.3, 0.4) is 0 Å². The van der Waals surface area contributed by atoms with Crippen molar-refractivity contribution in [1.82, 2.24) is 4.98 Å². The fourth-order valence-corrected chi connectivity index (χ4v) is 4.91. The van der Waals surface area contributed by atoms with Crippen LogP contribution in [0, 0.1) is 12.3 Å². The van der Waals surface area contributed by atoms with Crippen molar-refractivity contribution in [2.24, 2.45) is 5.41 Å². The molecule has 8 heteroatoms. The normalized spacial score (nSPS) is 34.5. The first-order chi connectivity index (χ1) is 15.4. The number of hydrogen-bond donors (Lipinski definition) is 2. The van der Waals surface area contributed by atoms with Crippen LogP contribution < -0.4 is 0 Å². The lowest BCUT2D eigenvalue weighted by atomic mass is 9.78. The van der Waals surface area contributed by atoms with Crippen LogP contribution in [-0.4, -0.2) is 57.0 Å². The van der Waals surface area contributed by atoms with Crippen LogP contribution in [0.4, 0.5) is 0 Å². The zero-order valence-corrected chi connectivity index (χ0v) is 21.1. The van der Waals surface area contributed by atoms with Gasteiger partial charge in [-0.05, 0) is 45.3 Å². The third kappa shape index (κ3) is 6.72. The summed E-state index contributed by atoms with van der Waals surface area (Å²) in [6.07, 6.45) is 2.67. The summed E-state index contributed by atoms with van der Waals surface area (Å²) < 4.78 is 11.8. The van der Waals surface area contributed by atoms with E-state index in [4.69, 9.17) is 9.47 Å². The Bertz CT molecular complexity index is 893. The van der Waals surface area contributed by atoms with Gasteiger partial charge in [0, 0.05) is 23.6 Å². The van der Waals surface area contributed by atoms with Crippen molar-refractivity contribution >= 4 is 29.2 Å². The monoisotopic (exact) mass is 479 g/mol. The molecule has 2 N–H and O–H groups in total. The molecule has 1 aromatic heterocycles. The Labute approximate surface area is 200 Å². The van der Waals surface area contributed by atoms with Gasteiger partial charge >= 0.3 is 5.97 Å². The molecule has 3 heterocycles. The van der Waals surface area contributed by atoms with Crippen LogP contribution in [0.15, 0.2) is 11.0 Å². The molecular weight excluding hydrogens is 442 g/mol. The molecule has 2 fully saturated rings. The molecule has 0 saturated carbocycles. The second-order valence-corrected chi connectivity index (χ2v) is 11.3. The van der Waals surface area contributed by atoms with E-state index in [1.165, 1.54) is 0 Å². The minimum Gasteiger partial charge on any atom is -0.458 e. The molecular formula is C25H37NO6S. The van der Waals surface area contributed by atoms with E-state index < -0.39 is 29.7 Å². The van der Waals surface area contributed by atoms with E-state index in [-0.39, 0.29) is 30.3 Å². The topological polar surface area (TPSA) is 109 Å². The van der Waals surface area contributed by atoms with Crippen molar-refractivity contribution in [1.29, 1.82) is 0 Å². The first-order valence-corrected chi connectivity index (χ1v) is 12.7. The Morgan fingerprint density at radius 2 is 1.94 bits per heavy atom. The molecule has 0 spiro atoms. The maximum absolute atomic E-state index is 12.8. The zero-order chi connectivity index (χ0) is 24.4. The number of rotatable bonds is 2. The van der Waals surface area contributed by atoms with E-state index in [0.29, 0.717) is 12.8 Å². The molecule has 0 aliphatic carbocycles. The lowest BCUT2D eigenvalue weighted by molar-refractivity contribution is -0.153. The highest BCUT2D eigenvalue weighted by Crippen LogP contribution is 2.44. The lowest BCUT2D eigenvalue weighted by Crippen LogP contribution is -2.40. The number of nitrogens with zero attached hydrogens (tertiary/aromatic N) is 1. The third-order valence-corrected chi connectivity index (χ3v) is 7.84. The minimum atomic E-state index is -1.20. The van der Waals surface area contributed by atoms with E-state index in [1.54, 1.807) is 25.2 Å². The Morgan fingerprint density at radius 1 is 1.21 bits per heavy atom. The lowest BCUT2D eigenvalue weighted by Gasteiger charge is -2.30. The van der Waals surface area contributed by atoms with Crippen molar-refractivity contribution in [3.05, 3.63) is 21.7 Å². The fraction of sp³-hybridized carbons (Fsp3) is 0.720. The van der Waals surface area contributed by atoms with Crippen molar-refractivity contribution in [2.45, 2.75) is 110 Å². The molecule has 3 rings (SSSR count). The third-order valence-electron chi connectivity index (χ3n) is 7.05. The first kappa shape index (κ1) is 26.0. The average molecular weight is 480 g/mol. The molecule has 184 valence electrons. The predicted molar refractivity (Wildman–Crippen MR) is 127 cm³/mol. The number of aliphatic hydroxyl groups excluding tert-OH is 2. The smallest absolute Gasteiger partial charge is 0.309 e. The second kappa shape index (κ2) is 10.3. The maximum atomic E-state index is 12.8. The van der Waals surface area contributed by atoms with Crippen LogP contribution in [-0.2, 0) is 19.1 Å². The molecule has 0 radical (unpaired) electrons. The number of carbonyl (C=O) groups is 2. The summed E-state index contributed by atoms with van der Waals surface area (Å²) >= 11 is 1.56. The Morgan fingerprint density at radius 3 is 2.61 bits per heavy atom. The van der Waals surface area contributed by atoms with Crippen LogP contribution in [0.1, 0.15) is 83.3 Å². The quantitative estimate of drug-likeness (QED) is 0.488. The summed E-state index contributed by atoms with van der Waals surface area (Å²) in [5, 5.41) is 23.9. The van der Waals surface area contributed by atoms with Gasteiger partial charge in [0.25, 0.3) is 0 Å². The number of aliphatic hydroxyl groups is 2. The number of aromatic nitrogens is 1. The number of cyclic esters (lactones) is 1. The molecule has 2 aliphatic rings. The molecule has 0 unspecified atom stereocenters. The highest BCUT2D eigenvalue weighted by Gasteiger charge is 2.52. The number of carbonyl (C=O) groups excluding carboxylic acids is 2. The Balaban J connectivity index is 1.80. The number of thiazole rings is 1. The van der Waals surface area contributed by atoms with Gasteiger partial charge in [0.2, 0.25) is 0 Å². The number of aryl methyl sites for hydroxylation is 1. The van der Waals surface area contributed by atoms with Gasteiger partial charge in [0.15, 0.2) is 0 Å². The number of ketones is 1. The van der Waals surface area contributed by atoms with Crippen LogP contribution in [0.2, 0.25) is 0 Å². The Kier molecular flexibility index (Phi) is 8.15. The number of ether oxygens (including phenoxy) is 2. The van der Waals surface area contributed by atoms with Crippen LogP contribution in [0.25, 0.3) is 6.08 Å². The molecule has 0 bridgehead atoms. The number of esters is 1. The highest BCUT2D eigenvalue weighted by molar-refractivity contribution is 7.09. The summed E-state index contributed by atoms with van der Waals surface area (Å²) in [6.45, 7) is 9.14. The largest absolute Gasteiger partial charge is 0.458 e. The highest BCUT2D eigenvalue weighted by atomic mass is 32.1. The molecule has 0 aromatic carbocycles. The summed E-state index contributed by atoms with van der Waals surface area (Å²) in [4.78, 5) is 30.0. The van der Waals surface area contributed by atoms with E-state index in [9.17, 15) is 19.8 Å². The van der Waals surface area contributed by atoms with Gasteiger partial charge in [0.05, 0.1) is 41.0 Å². The van der Waals surface area contributed by atoms with E-state index in [1.807, 2.05) is 25.3 Å². The van der Waals surface area contributed by atoms with Crippen molar-refractivity contribution in [3.63, 3.8) is 0 Å². The SMILES string of the molecule is C/C(=C\c1csc(C)n1)[C@@H]1C[C@@H]2O[C@]2(C)CCCC[C@H](O)CC(=O)C(C)(C)[C@@H](O)CC(=O)O1. The molecule has 0 amide bonds. The van der Waals surface area contributed by atoms with Gasteiger partial charge in [-0.1, -0.05) is 26.7 Å². The van der Waals surface area contributed by atoms with Gasteiger partial charge in [-0.15, -0.1) is 11.3 Å². The van der Waals surface area contributed by atoms with Crippen molar-refractivity contribution in [3.8, 4) is 0 Å². The number of hydrogen-bond acceptors (Lipinski definition) is 8. The van der Waals surface area contributed by atoms with Gasteiger partial charge in [-0.25, -0.2) is 4.98 Å². The summed E-state index contributed by atoms with van der Waals surface area (Å²) in [7, 11) is 0. The minimum absolute atomic E-state index is 0.0309. The average Bonchev–Trinajstić information content (AvgIpc) is 3.17. The molecule has 2 saturated heterocycles. The Hall–Kier alpha value is -1.61. The van der Waals surface area contributed by atoms with E-state index >= 15 is 0 Å². The molecule has 5 atom stereocenters. The van der Waals surface area contributed by atoms with Gasteiger partial charge in [0.1, 0.15) is 11.9 Å². The first-order valence-electron chi connectivity index (χ1n) is 11.8. The molecule has 2 aliphatic heterocycles. The summed E-state index contributed by atoms with van der Waals surface area (Å²) in [6, 6.07) is 0. The number of epoxide rings is 1. The van der Waals surface area contributed by atoms with Crippen LogP contribution in [0.5, 0.6) is 0 Å². The van der Waals surface area contributed by atoms with E-state index in [0.717, 1.165) is 35.5 Å². The predicted octanol–water partition coefficient (Wildman–Crippen LogP) is 3.99. The standard InChI is InChI=1S/C25H37NO6S/c1-15(10-17-14-33-16(2)26-17)19-12-22-25(5,32-22)9-7-6-8-18(27)11-20(28)24(3,4)21(29)13-23(30)31-19/h10,14,18-19,21-22,27,29H,6-9,11-13H2,1-5H3/b15-10+/t18-,19-,21-,22-,25+/m0/s1. The summed E-state index contributed by atoms with van der Waals surface area (Å²) in [5.41, 5.74) is 0.249. The molecule has 1 aromatic rings. The molecule has 7 nitrogen and oxygen atoms in total. The zero-order valence-electron chi connectivity index (χ0n) is 20.3. The van der Waals surface area contributed by atoms with E-state index in [2.05, 4.69) is 11.9 Å². The second-order valence-electron chi connectivity index (χ2n) is 10.3. The van der Waals surface area contributed by atoms with Gasteiger partial charge in [-0.3, -0.25) is 9.59 Å².